The zero-order chi connectivity index (χ0) is 26.2. The summed E-state index contributed by atoms with van der Waals surface area (Å²) in [7, 11) is 0. The summed E-state index contributed by atoms with van der Waals surface area (Å²) in [5.41, 5.74) is 11.6. The molecule has 0 aliphatic rings. The number of carbonyl (C=O) groups is 2. The second-order valence-corrected chi connectivity index (χ2v) is 8.05. The van der Waals surface area contributed by atoms with Crippen molar-refractivity contribution in [1.29, 1.82) is 0 Å². The Morgan fingerprint density at radius 1 is 1.00 bits per heavy atom. The number of rotatable bonds is 5. The lowest BCUT2D eigenvalue weighted by molar-refractivity contribution is -0.137. The number of nitrogen functional groups attached to an aromatic ring is 1. The van der Waals surface area contributed by atoms with Gasteiger partial charge in [-0.15, -0.1) is 0 Å². The third-order valence-corrected chi connectivity index (χ3v) is 5.45. The number of nitrogens with two attached hydrogens (primary N) is 2. The van der Waals surface area contributed by atoms with Gasteiger partial charge in [-0.05, 0) is 60.5 Å². The van der Waals surface area contributed by atoms with Crippen LogP contribution in [0.25, 0.3) is 22.0 Å². The van der Waals surface area contributed by atoms with E-state index in [9.17, 15) is 22.8 Å². The fourth-order valence-electron chi connectivity index (χ4n) is 3.73. The number of amides is 2. The van der Waals surface area contributed by atoms with Gasteiger partial charge in [0.1, 0.15) is 17.5 Å². The Hall–Kier alpha value is -4.54. The molecule has 7 nitrogen and oxygen atoms in total. The van der Waals surface area contributed by atoms with E-state index >= 15 is 4.39 Å². The van der Waals surface area contributed by atoms with Gasteiger partial charge in [0.15, 0.2) is 0 Å². The van der Waals surface area contributed by atoms with Crippen LogP contribution < -0.4 is 16.8 Å². The molecule has 0 atom stereocenters. The number of alkyl halides is 3. The number of anilines is 2. The van der Waals surface area contributed by atoms with Crippen molar-refractivity contribution < 1.29 is 27.2 Å². The number of nitrogens with one attached hydrogen (secondary N) is 1. The summed E-state index contributed by atoms with van der Waals surface area (Å²) in [6, 6.07) is 11.7. The Morgan fingerprint density at radius 2 is 1.75 bits per heavy atom. The molecule has 3 aromatic carbocycles. The maximum atomic E-state index is 15.6. The highest BCUT2D eigenvalue weighted by atomic mass is 19.4. The third-order valence-electron chi connectivity index (χ3n) is 5.45. The first-order valence-corrected chi connectivity index (χ1v) is 10.6. The largest absolute Gasteiger partial charge is 0.416 e. The molecular weight excluding hydrogens is 478 g/mol. The lowest BCUT2D eigenvalue weighted by atomic mass is 9.97. The number of benzene rings is 3. The van der Waals surface area contributed by atoms with Crippen molar-refractivity contribution in [2.24, 2.45) is 5.73 Å². The average Bonchev–Trinajstić information content (AvgIpc) is 2.79. The van der Waals surface area contributed by atoms with Gasteiger partial charge in [0.2, 0.25) is 5.91 Å². The van der Waals surface area contributed by atoms with Crippen LogP contribution in [0.1, 0.15) is 27.3 Å². The summed E-state index contributed by atoms with van der Waals surface area (Å²) >= 11 is 0. The third kappa shape index (κ3) is 4.95. The molecule has 4 rings (SSSR count). The van der Waals surface area contributed by atoms with Gasteiger partial charge in [-0.1, -0.05) is 12.1 Å². The minimum atomic E-state index is -4.59. The lowest BCUT2D eigenvalue weighted by Gasteiger charge is -2.14. The molecule has 0 saturated heterocycles. The highest BCUT2D eigenvalue weighted by molar-refractivity contribution is 6.05. The molecule has 184 valence electrons. The number of aromatic nitrogens is 2. The first-order valence-electron chi connectivity index (χ1n) is 10.6. The van der Waals surface area contributed by atoms with Crippen LogP contribution in [0.5, 0.6) is 0 Å². The van der Waals surface area contributed by atoms with Crippen LogP contribution in [-0.4, -0.2) is 21.8 Å². The predicted octanol–water partition coefficient (Wildman–Crippen LogP) is 4.63. The molecule has 11 heteroatoms. The Labute approximate surface area is 202 Å². The molecule has 1 aromatic heterocycles. The van der Waals surface area contributed by atoms with Gasteiger partial charge in [0.05, 0.1) is 22.9 Å². The van der Waals surface area contributed by atoms with Crippen molar-refractivity contribution in [2.75, 3.05) is 11.1 Å². The predicted molar refractivity (Wildman–Crippen MR) is 126 cm³/mol. The molecule has 0 bridgehead atoms. The van der Waals surface area contributed by atoms with Gasteiger partial charge in [-0.3, -0.25) is 9.59 Å². The maximum Gasteiger partial charge on any atom is 0.416 e. The van der Waals surface area contributed by atoms with E-state index in [1.54, 1.807) is 19.1 Å². The van der Waals surface area contributed by atoms with E-state index in [1.807, 2.05) is 0 Å². The van der Waals surface area contributed by atoms with Gasteiger partial charge in [0.25, 0.3) is 5.91 Å². The minimum Gasteiger partial charge on any atom is -0.383 e. The van der Waals surface area contributed by atoms with Crippen molar-refractivity contribution >= 4 is 34.2 Å². The molecule has 0 unspecified atom stereocenters. The van der Waals surface area contributed by atoms with E-state index in [2.05, 4.69) is 15.3 Å². The number of hydrogen-bond donors (Lipinski definition) is 3. The fraction of sp³-hybridized carbons (Fsp3) is 0.120. The van der Waals surface area contributed by atoms with Crippen molar-refractivity contribution in [3.63, 3.8) is 0 Å². The van der Waals surface area contributed by atoms with Crippen LogP contribution >= 0.6 is 0 Å². The lowest BCUT2D eigenvalue weighted by Crippen LogP contribution is -2.16. The summed E-state index contributed by atoms with van der Waals surface area (Å²) < 4.78 is 54.5. The molecule has 36 heavy (non-hydrogen) atoms. The van der Waals surface area contributed by atoms with Crippen LogP contribution in [0.15, 0.2) is 54.6 Å². The molecule has 5 N–H and O–H groups in total. The van der Waals surface area contributed by atoms with Gasteiger partial charge < -0.3 is 16.8 Å². The van der Waals surface area contributed by atoms with Crippen LogP contribution in [0.3, 0.4) is 0 Å². The molecule has 0 aliphatic carbocycles. The minimum absolute atomic E-state index is 0.0430. The van der Waals surface area contributed by atoms with E-state index in [0.29, 0.717) is 11.1 Å². The molecule has 0 radical (unpaired) electrons. The highest BCUT2D eigenvalue weighted by Crippen LogP contribution is 2.34. The average molecular weight is 497 g/mol. The monoisotopic (exact) mass is 497 g/mol. The number of carbonyl (C=O) groups excluding carboxylic acids is 2. The van der Waals surface area contributed by atoms with Gasteiger partial charge >= 0.3 is 6.18 Å². The molecule has 0 saturated carbocycles. The fourth-order valence-corrected chi connectivity index (χ4v) is 3.73. The first-order chi connectivity index (χ1) is 16.9. The standard InChI is InChI=1S/C25H19F4N5O2/c1-12-5-6-15(32-24(36)13-3-2-4-14(9-13)25(27,28)29)10-17(12)16-7-8-18-21(22(16)26)23(31)34-20(33-18)11-19(30)35/h2-10H,11H2,1H3,(H2,30,35)(H,32,36)(H2,31,33,34). The molecule has 0 spiro atoms. The molecule has 4 aromatic rings. The molecule has 2 amide bonds. The van der Waals surface area contributed by atoms with Gasteiger partial charge in [0, 0.05) is 16.8 Å². The van der Waals surface area contributed by atoms with Crippen molar-refractivity contribution in [3.8, 4) is 11.1 Å². The van der Waals surface area contributed by atoms with E-state index < -0.39 is 29.4 Å². The zero-order valence-electron chi connectivity index (χ0n) is 18.8. The Balaban J connectivity index is 1.70. The zero-order valence-corrected chi connectivity index (χ0v) is 18.8. The number of hydrogen-bond acceptors (Lipinski definition) is 5. The Bertz CT molecular complexity index is 1520. The first kappa shape index (κ1) is 24.6. The summed E-state index contributed by atoms with van der Waals surface area (Å²) in [6.45, 7) is 1.73. The van der Waals surface area contributed by atoms with Crippen molar-refractivity contribution in [3.05, 3.63) is 82.9 Å². The second kappa shape index (κ2) is 9.25. The van der Waals surface area contributed by atoms with E-state index in [-0.39, 0.29) is 45.8 Å². The smallest absolute Gasteiger partial charge is 0.383 e. The van der Waals surface area contributed by atoms with Crippen molar-refractivity contribution in [2.45, 2.75) is 19.5 Å². The SMILES string of the molecule is Cc1ccc(NC(=O)c2cccc(C(F)(F)F)c2)cc1-c1ccc2nc(CC(N)=O)nc(N)c2c1F. The van der Waals surface area contributed by atoms with Crippen LogP contribution in [0.2, 0.25) is 0 Å². The summed E-state index contributed by atoms with van der Waals surface area (Å²) in [4.78, 5) is 31.9. The number of fused-ring (bicyclic) bond motifs is 1. The summed E-state index contributed by atoms with van der Waals surface area (Å²) in [6.07, 6.45) is -4.84. The number of primary amides is 1. The van der Waals surface area contributed by atoms with E-state index in [0.717, 1.165) is 18.2 Å². The van der Waals surface area contributed by atoms with Crippen LogP contribution in [0, 0.1) is 12.7 Å². The number of nitrogens with zero attached hydrogens (tertiary/aromatic N) is 2. The normalized spacial score (nSPS) is 11.5. The number of halogens is 4. The highest BCUT2D eigenvalue weighted by Gasteiger charge is 2.31. The molecule has 0 aliphatic heterocycles. The van der Waals surface area contributed by atoms with E-state index in [1.165, 1.54) is 24.3 Å². The maximum absolute atomic E-state index is 15.6. The Kier molecular flexibility index (Phi) is 6.32. The number of aryl methyl sites for hydroxylation is 1. The van der Waals surface area contributed by atoms with Gasteiger partial charge in [-0.2, -0.15) is 13.2 Å². The molecular formula is C25H19F4N5O2. The Morgan fingerprint density at radius 3 is 2.44 bits per heavy atom. The van der Waals surface area contributed by atoms with Crippen LogP contribution in [-0.2, 0) is 17.4 Å². The molecule has 1 heterocycles. The van der Waals surface area contributed by atoms with Gasteiger partial charge in [-0.25, -0.2) is 14.4 Å². The topological polar surface area (TPSA) is 124 Å². The second-order valence-electron chi connectivity index (χ2n) is 8.05. The quantitative estimate of drug-likeness (QED) is 0.347. The van der Waals surface area contributed by atoms with E-state index in [4.69, 9.17) is 11.5 Å². The summed E-state index contributed by atoms with van der Waals surface area (Å²) in [5, 5.41) is 2.50. The van der Waals surface area contributed by atoms with Crippen LogP contribution in [0.4, 0.5) is 29.1 Å². The summed E-state index contributed by atoms with van der Waals surface area (Å²) in [5.74, 6) is -2.22. The molecule has 0 fully saturated rings. The van der Waals surface area contributed by atoms with Crippen molar-refractivity contribution in [1.82, 2.24) is 9.97 Å².